The number of nitrogens with one attached hydrogen (secondary N) is 12. The van der Waals surface area contributed by atoms with Crippen molar-refractivity contribution in [3.63, 3.8) is 0 Å². The smallest absolute Gasteiger partial charge is 0.245 e. The molecule has 562 valence electrons. The largest absolute Gasteiger partial charge is 0.508 e. The van der Waals surface area contributed by atoms with E-state index in [0.29, 0.717) is 49.8 Å². The summed E-state index contributed by atoms with van der Waals surface area (Å²) in [5.74, 6) is -11.6. The van der Waals surface area contributed by atoms with Crippen LogP contribution in [0.25, 0.3) is 0 Å². The van der Waals surface area contributed by atoms with Crippen LogP contribution >= 0.6 is 0 Å². The summed E-state index contributed by atoms with van der Waals surface area (Å²) in [7, 11) is 0. The molecule has 0 saturated heterocycles. The summed E-state index contributed by atoms with van der Waals surface area (Å²) < 4.78 is 0. The average molecular weight is 1420 g/mol. The number of amides is 13. The number of aliphatic imine (C=N–C) groups is 2. The van der Waals surface area contributed by atoms with Gasteiger partial charge in [0.1, 0.15) is 60.1 Å². The normalized spacial score (nSPS) is 13.8. The van der Waals surface area contributed by atoms with E-state index in [2.05, 4.69) is 73.8 Å². The van der Waals surface area contributed by atoms with Gasteiger partial charge in [0.15, 0.2) is 11.9 Å². The zero-order chi connectivity index (χ0) is 75.4. The second-order valence-corrected chi connectivity index (χ2v) is 23.7. The van der Waals surface area contributed by atoms with Gasteiger partial charge in [0.2, 0.25) is 76.8 Å². The highest BCUT2D eigenvalue weighted by Crippen LogP contribution is 2.13. The van der Waals surface area contributed by atoms with Crippen molar-refractivity contribution in [3.05, 3.63) is 65.7 Å². The summed E-state index contributed by atoms with van der Waals surface area (Å²) in [4.78, 5) is 182. The van der Waals surface area contributed by atoms with Crippen molar-refractivity contribution in [2.45, 2.75) is 171 Å². The van der Waals surface area contributed by atoms with E-state index in [1.165, 1.54) is 26.0 Å². The van der Waals surface area contributed by atoms with Crippen LogP contribution in [0, 0.1) is 0 Å². The standard InChI is InChI=1S/C63H105N23O15/c1-36(78-50(90)34-77-56(96)43(17-7-10-26-65)84-60(100)47(31-38-14-4-3-5-15-38)80-51(91)33-75-49(89)32-76-55(95)41(67)30-39-21-23-40(88)24-22-39)53(93)82-46(20-13-29-74-63(71)72)58(98)85-44(18-8-11-27-66)59(99)86-48(35-87)61(101)79-37(2)54(94)83-45(19-12-28-73-62(69)70)57(97)81-42(52(68)92)16-6-9-25-64/h3-5,14-15,21-24,36-37,41-48,87-88H,6-13,16-20,25-35,64-67H2,1-2H3,(H2,68,92)(H,75,89)(H,76,95)(H,77,96)(H,78,90)(H,79,101)(H,80,91)(H,81,97)(H,82,93)(H,83,94)(H,84,100)(H,85,98)(H,86,99)(H4,69,70,73)(H4,71,72,74)/t36-,37-,41-,42-,43-,44-,45-,46-,47-,48-/m0/s1. The lowest BCUT2D eigenvalue weighted by Gasteiger charge is -2.26. The van der Waals surface area contributed by atoms with E-state index < -0.39 is 163 Å². The molecule has 32 N–H and O–H groups in total. The molecule has 10 atom stereocenters. The van der Waals surface area contributed by atoms with E-state index >= 15 is 0 Å². The first kappa shape index (κ1) is 86.8. The lowest BCUT2D eigenvalue weighted by atomic mass is 10.0. The zero-order valence-corrected chi connectivity index (χ0v) is 57.2. The number of nitrogens with two attached hydrogens (primary N) is 9. The molecule has 0 aliphatic rings. The maximum Gasteiger partial charge on any atom is 0.245 e. The number of carbonyl (C=O) groups excluding carboxylic acids is 13. The van der Waals surface area contributed by atoms with E-state index in [-0.39, 0.29) is 108 Å². The number of unbranched alkanes of at least 4 members (excludes halogenated alkanes) is 3. The van der Waals surface area contributed by atoms with E-state index in [0.717, 1.165) is 0 Å². The molecule has 0 radical (unpaired) electrons. The molecule has 0 saturated carbocycles. The molecule has 38 nitrogen and oxygen atoms in total. The number of phenolic OH excluding ortho intramolecular Hbond substituents is 1. The van der Waals surface area contributed by atoms with Crippen molar-refractivity contribution in [3.8, 4) is 5.75 Å². The molecule has 0 heterocycles. The molecule has 101 heavy (non-hydrogen) atoms. The van der Waals surface area contributed by atoms with Gasteiger partial charge >= 0.3 is 0 Å². The van der Waals surface area contributed by atoms with Crippen LogP contribution in [0.15, 0.2) is 64.6 Å². The summed E-state index contributed by atoms with van der Waals surface area (Å²) in [6.07, 6.45) is 2.63. The minimum Gasteiger partial charge on any atom is -0.508 e. The average Bonchev–Trinajstić information content (AvgIpc) is 0.922. The minimum absolute atomic E-state index is 0.0156. The number of benzene rings is 2. The third kappa shape index (κ3) is 36.4. The number of hydrogen-bond donors (Lipinski definition) is 23. The van der Waals surface area contributed by atoms with Gasteiger partial charge in [0, 0.05) is 19.5 Å². The maximum atomic E-state index is 14.2. The van der Waals surface area contributed by atoms with Gasteiger partial charge in [0.25, 0.3) is 0 Å². The topological polar surface area (TPSA) is 666 Å². The summed E-state index contributed by atoms with van der Waals surface area (Å²) in [5.41, 5.74) is 51.7. The first-order valence-corrected chi connectivity index (χ1v) is 33.2. The Morgan fingerprint density at radius 3 is 1.24 bits per heavy atom. The Bertz CT molecular complexity index is 3070. The Hall–Kier alpha value is -10.3. The molecule has 0 aliphatic heterocycles. The molecule has 2 rings (SSSR count). The van der Waals surface area contributed by atoms with Crippen molar-refractivity contribution in [2.24, 2.45) is 61.6 Å². The molecule has 0 spiro atoms. The van der Waals surface area contributed by atoms with Crippen molar-refractivity contribution in [1.82, 2.24) is 63.8 Å². The number of carbonyl (C=O) groups is 13. The first-order valence-electron chi connectivity index (χ1n) is 33.2. The number of aliphatic hydroxyl groups excluding tert-OH is 1. The molecule has 0 fully saturated rings. The molecule has 2 aromatic carbocycles. The highest BCUT2D eigenvalue weighted by molar-refractivity contribution is 5.99. The molecule has 0 unspecified atom stereocenters. The highest BCUT2D eigenvalue weighted by Gasteiger charge is 2.34. The van der Waals surface area contributed by atoms with E-state index in [4.69, 9.17) is 51.6 Å². The summed E-state index contributed by atoms with van der Waals surface area (Å²) in [5, 5.41) is 49.6. The lowest BCUT2D eigenvalue weighted by Crippen LogP contribution is -2.60. The van der Waals surface area contributed by atoms with Crippen molar-refractivity contribution in [1.29, 1.82) is 0 Å². The Morgan fingerprint density at radius 1 is 0.386 bits per heavy atom. The van der Waals surface area contributed by atoms with Crippen LogP contribution in [0.4, 0.5) is 0 Å². The number of nitrogens with zero attached hydrogens (tertiary/aromatic N) is 2. The molecule has 0 bridgehead atoms. The minimum atomic E-state index is -1.72. The Balaban J connectivity index is 2.21. The van der Waals surface area contributed by atoms with Crippen LogP contribution in [0.3, 0.4) is 0 Å². The lowest BCUT2D eigenvalue weighted by molar-refractivity contribution is -0.136. The van der Waals surface area contributed by atoms with Gasteiger partial charge < -0.3 is 126 Å². The van der Waals surface area contributed by atoms with Crippen molar-refractivity contribution in [2.75, 3.05) is 59.0 Å². The SMILES string of the molecule is C[C@H](NC(=O)CNC(=O)[C@H](CCCCN)NC(=O)[C@H](Cc1ccccc1)NC(=O)CNC(=O)CNC(=O)[C@@H](N)Cc1ccc(O)cc1)C(=O)N[C@@H](CCCN=C(N)N)C(=O)N[C@@H](CCCCN)C(=O)N[C@@H](CO)C(=O)N[C@@H](C)C(=O)N[C@@H](CCCN=C(N)N)C(=O)N[C@@H](CCCCN)C(N)=O. The molecule has 0 aromatic heterocycles. The number of aromatic hydroxyl groups is 1. The van der Waals surface area contributed by atoms with Crippen molar-refractivity contribution >= 4 is 88.7 Å². The monoisotopic (exact) mass is 1420 g/mol. The van der Waals surface area contributed by atoms with Crippen LogP contribution in [0.5, 0.6) is 5.75 Å². The van der Waals surface area contributed by atoms with Gasteiger partial charge in [-0.15, -0.1) is 0 Å². The molecule has 2 aromatic rings. The number of rotatable bonds is 50. The second-order valence-electron chi connectivity index (χ2n) is 23.7. The van der Waals surface area contributed by atoms with Crippen LogP contribution in [0.2, 0.25) is 0 Å². The second kappa shape index (κ2) is 48.4. The molecule has 0 aliphatic carbocycles. The fraction of sp³-hybridized carbons (Fsp3) is 0.571. The predicted octanol–water partition coefficient (Wildman–Crippen LogP) is -8.77. The first-order chi connectivity index (χ1) is 48.0. The zero-order valence-electron chi connectivity index (χ0n) is 57.2. The summed E-state index contributed by atoms with van der Waals surface area (Å²) >= 11 is 0. The van der Waals surface area contributed by atoms with Gasteiger partial charge in [0.05, 0.1) is 32.3 Å². The van der Waals surface area contributed by atoms with Crippen molar-refractivity contribution < 1.29 is 72.5 Å². The predicted molar refractivity (Wildman–Crippen MR) is 373 cm³/mol. The van der Waals surface area contributed by atoms with Crippen LogP contribution in [0.1, 0.15) is 108 Å². The Morgan fingerprint density at radius 2 is 0.762 bits per heavy atom. The number of primary amides is 1. The van der Waals surface area contributed by atoms with E-state index in [9.17, 15) is 72.5 Å². The number of guanidine groups is 2. The summed E-state index contributed by atoms with van der Waals surface area (Å²) in [6.45, 7) is 0.439. The number of hydrogen-bond acceptors (Lipinski definition) is 21. The van der Waals surface area contributed by atoms with E-state index in [1.807, 2.05) is 0 Å². The number of phenols is 1. The third-order valence-electron chi connectivity index (χ3n) is 15.2. The fourth-order valence-corrected chi connectivity index (χ4v) is 9.57. The molecule has 38 heteroatoms. The highest BCUT2D eigenvalue weighted by atomic mass is 16.3. The molecule has 13 amide bonds. The van der Waals surface area contributed by atoms with Gasteiger partial charge in [-0.05, 0) is 147 Å². The van der Waals surface area contributed by atoms with Crippen LogP contribution in [-0.4, -0.2) is 218 Å². The van der Waals surface area contributed by atoms with Gasteiger partial charge in [-0.2, -0.15) is 0 Å². The summed E-state index contributed by atoms with van der Waals surface area (Å²) in [6, 6.07) is 1.18. The quantitative estimate of drug-likeness (QED) is 0.0166. The van der Waals surface area contributed by atoms with Gasteiger partial charge in [-0.1, -0.05) is 42.5 Å². The molecular formula is C63H105N23O15. The fourth-order valence-electron chi connectivity index (χ4n) is 9.57. The van der Waals surface area contributed by atoms with Crippen LogP contribution < -0.4 is 115 Å². The maximum absolute atomic E-state index is 14.2. The Labute approximate surface area is 585 Å². The molecular weight excluding hydrogens is 1320 g/mol. The van der Waals surface area contributed by atoms with Crippen LogP contribution in [-0.2, 0) is 75.2 Å². The van der Waals surface area contributed by atoms with Gasteiger partial charge in [-0.25, -0.2) is 0 Å². The van der Waals surface area contributed by atoms with Gasteiger partial charge in [-0.3, -0.25) is 72.3 Å². The Kier molecular flexibility index (Phi) is 41.6. The van der Waals surface area contributed by atoms with E-state index in [1.54, 1.807) is 42.5 Å². The number of aliphatic hydroxyl groups is 1. The third-order valence-corrected chi connectivity index (χ3v) is 15.2.